The fourth-order valence-electron chi connectivity index (χ4n) is 2.38. The molecule has 0 amide bonds. The van der Waals surface area contributed by atoms with Gasteiger partial charge in [-0.05, 0) is 38.1 Å². The molecule has 1 heterocycles. The molecule has 0 aliphatic rings. The molecular formula is C16H22BrN3O. The molecule has 4 nitrogen and oxygen atoms in total. The van der Waals surface area contributed by atoms with E-state index in [9.17, 15) is 0 Å². The number of aryl methyl sites for hydroxylation is 2. The molecule has 1 aromatic heterocycles. The third-order valence-corrected chi connectivity index (χ3v) is 3.77. The van der Waals surface area contributed by atoms with E-state index in [1.807, 2.05) is 19.6 Å². The van der Waals surface area contributed by atoms with Gasteiger partial charge in [0.25, 0.3) is 0 Å². The van der Waals surface area contributed by atoms with Gasteiger partial charge in [-0.3, -0.25) is 0 Å². The van der Waals surface area contributed by atoms with E-state index in [4.69, 9.17) is 4.74 Å². The molecular weight excluding hydrogens is 330 g/mol. The maximum absolute atomic E-state index is 6.09. The summed E-state index contributed by atoms with van der Waals surface area (Å²) in [6.45, 7) is 6.53. The zero-order valence-corrected chi connectivity index (χ0v) is 14.4. The highest BCUT2D eigenvalue weighted by Crippen LogP contribution is 2.28. The number of rotatable bonds is 7. The molecule has 0 aliphatic heterocycles. The molecule has 0 radical (unpaired) electrons. The van der Waals surface area contributed by atoms with Gasteiger partial charge in [0.2, 0.25) is 0 Å². The molecule has 5 heteroatoms. The van der Waals surface area contributed by atoms with Crippen LogP contribution < -0.4 is 10.1 Å². The van der Waals surface area contributed by atoms with Gasteiger partial charge < -0.3 is 14.6 Å². The Morgan fingerprint density at radius 3 is 2.90 bits per heavy atom. The lowest BCUT2D eigenvalue weighted by Crippen LogP contribution is -2.10. The first-order valence-corrected chi connectivity index (χ1v) is 8.00. The minimum absolute atomic E-state index is 0.541. The van der Waals surface area contributed by atoms with E-state index in [0.717, 1.165) is 46.6 Å². The minimum Gasteiger partial charge on any atom is -0.487 e. The van der Waals surface area contributed by atoms with E-state index in [2.05, 4.69) is 56.8 Å². The number of benzene rings is 1. The Balaban J connectivity index is 2.17. The fraction of sp³-hybridized carbons (Fsp3) is 0.438. The zero-order valence-electron chi connectivity index (χ0n) is 12.8. The van der Waals surface area contributed by atoms with Crippen molar-refractivity contribution in [3.63, 3.8) is 0 Å². The molecule has 0 unspecified atom stereocenters. The summed E-state index contributed by atoms with van der Waals surface area (Å²) in [5.41, 5.74) is 3.40. The molecule has 21 heavy (non-hydrogen) atoms. The normalized spacial score (nSPS) is 10.9. The van der Waals surface area contributed by atoms with Gasteiger partial charge in [0.15, 0.2) is 0 Å². The molecule has 1 N–H and O–H groups in total. The van der Waals surface area contributed by atoms with E-state index in [0.29, 0.717) is 6.61 Å². The van der Waals surface area contributed by atoms with Gasteiger partial charge in [-0.1, -0.05) is 22.9 Å². The molecule has 114 valence electrons. The van der Waals surface area contributed by atoms with Gasteiger partial charge in [-0.2, -0.15) is 0 Å². The van der Waals surface area contributed by atoms with Crippen LogP contribution in [0.1, 0.15) is 30.2 Å². The zero-order chi connectivity index (χ0) is 15.2. The number of halogens is 1. The van der Waals surface area contributed by atoms with Crippen LogP contribution in [0.4, 0.5) is 0 Å². The predicted molar refractivity (Wildman–Crippen MR) is 88.5 cm³/mol. The summed E-state index contributed by atoms with van der Waals surface area (Å²) in [4.78, 5) is 4.21. The number of hydrogen-bond acceptors (Lipinski definition) is 3. The Hall–Kier alpha value is -1.33. The number of ether oxygens (including phenoxy) is 1. The second kappa shape index (κ2) is 7.61. The van der Waals surface area contributed by atoms with Crippen LogP contribution in [0.5, 0.6) is 5.75 Å². The monoisotopic (exact) mass is 351 g/mol. The van der Waals surface area contributed by atoms with E-state index in [1.54, 1.807) is 0 Å². The summed E-state index contributed by atoms with van der Waals surface area (Å²) in [6.07, 6.45) is 4.83. The van der Waals surface area contributed by atoms with Gasteiger partial charge >= 0.3 is 0 Å². The fourth-order valence-corrected chi connectivity index (χ4v) is 3.00. The first-order chi connectivity index (χ1) is 10.2. The van der Waals surface area contributed by atoms with Crippen LogP contribution in [0, 0.1) is 6.92 Å². The van der Waals surface area contributed by atoms with Crippen LogP contribution in [0.2, 0.25) is 0 Å². The summed E-state index contributed by atoms with van der Waals surface area (Å²) < 4.78 is 9.31. The van der Waals surface area contributed by atoms with Gasteiger partial charge in [0.05, 0.1) is 18.2 Å². The van der Waals surface area contributed by atoms with Gasteiger partial charge in [0.1, 0.15) is 12.4 Å². The van der Waals surface area contributed by atoms with E-state index >= 15 is 0 Å². The summed E-state index contributed by atoms with van der Waals surface area (Å²) in [5, 5.41) is 3.19. The number of nitrogens with one attached hydrogen (secondary N) is 1. The highest BCUT2D eigenvalue weighted by Gasteiger charge is 2.10. The predicted octanol–water partition coefficient (Wildman–Crippen LogP) is 3.66. The van der Waals surface area contributed by atoms with E-state index in [1.165, 1.54) is 0 Å². The molecule has 0 fully saturated rings. The second-order valence-electron chi connectivity index (χ2n) is 5.11. The van der Waals surface area contributed by atoms with Crippen LogP contribution in [0.15, 0.2) is 29.1 Å². The summed E-state index contributed by atoms with van der Waals surface area (Å²) in [7, 11) is 1.94. The highest BCUT2D eigenvalue weighted by molar-refractivity contribution is 9.10. The Morgan fingerprint density at radius 1 is 1.38 bits per heavy atom. The van der Waals surface area contributed by atoms with Crippen molar-refractivity contribution in [3.8, 4) is 5.75 Å². The Bertz CT molecular complexity index is 595. The number of imidazole rings is 1. The quantitative estimate of drug-likeness (QED) is 0.827. The van der Waals surface area contributed by atoms with Crippen LogP contribution in [0.3, 0.4) is 0 Å². The molecule has 2 rings (SSSR count). The maximum Gasteiger partial charge on any atom is 0.130 e. The average molecular weight is 352 g/mol. The van der Waals surface area contributed by atoms with E-state index < -0.39 is 0 Å². The van der Waals surface area contributed by atoms with Crippen molar-refractivity contribution in [1.29, 1.82) is 0 Å². The smallest absolute Gasteiger partial charge is 0.130 e. The molecule has 0 bridgehead atoms. The minimum atomic E-state index is 0.541. The van der Waals surface area contributed by atoms with Crippen molar-refractivity contribution in [2.24, 2.45) is 0 Å². The molecule has 2 aromatic rings. The van der Waals surface area contributed by atoms with Crippen LogP contribution >= 0.6 is 15.9 Å². The molecule has 1 aromatic carbocycles. The third-order valence-electron chi connectivity index (χ3n) is 3.31. The number of nitrogens with zero attached hydrogens (tertiary/aromatic N) is 2. The van der Waals surface area contributed by atoms with Crippen LogP contribution in [-0.2, 0) is 19.7 Å². The van der Waals surface area contributed by atoms with Crippen molar-refractivity contribution < 1.29 is 4.74 Å². The lowest BCUT2D eigenvalue weighted by molar-refractivity contribution is 0.289. The largest absolute Gasteiger partial charge is 0.487 e. The van der Waals surface area contributed by atoms with Gasteiger partial charge in [-0.25, -0.2) is 4.98 Å². The van der Waals surface area contributed by atoms with Crippen molar-refractivity contribution in [3.05, 3.63) is 46.0 Å². The first kappa shape index (κ1) is 16.0. The molecule has 0 spiro atoms. The highest BCUT2D eigenvalue weighted by atomic mass is 79.9. The van der Waals surface area contributed by atoms with Crippen molar-refractivity contribution in [2.75, 3.05) is 7.05 Å². The topological polar surface area (TPSA) is 39.1 Å². The lowest BCUT2D eigenvalue weighted by atomic mass is 10.1. The molecule has 0 atom stereocenters. The van der Waals surface area contributed by atoms with Gasteiger partial charge in [-0.15, -0.1) is 0 Å². The van der Waals surface area contributed by atoms with Crippen molar-refractivity contribution in [1.82, 2.24) is 14.9 Å². The maximum atomic E-state index is 6.09. The Labute approximate surface area is 134 Å². The Kier molecular flexibility index (Phi) is 5.82. The van der Waals surface area contributed by atoms with Crippen molar-refractivity contribution in [2.45, 2.75) is 40.0 Å². The first-order valence-electron chi connectivity index (χ1n) is 7.21. The number of aromatic nitrogens is 2. The lowest BCUT2D eigenvalue weighted by Gasteiger charge is -2.15. The van der Waals surface area contributed by atoms with Crippen molar-refractivity contribution >= 4 is 15.9 Å². The van der Waals surface area contributed by atoms with E-state index in [-0.39, 0.29) is 0 Å². The van der Waals surface area contributed by atoms with Crippen LogP contribution in [-0.4, -0.2) is 16.6 Å². The third kappa shape index (κ3) is 4.08. The summed E-state index contributed by atoms with van der Waals surface area (Å²) >= 11 is 3.54. The average Bonchev–Trinajstić information content (AvgIpc) is 2.86. The summed E-state index contributed by atoms with van der Waals surface area (Å²) in [5.74, 6) is 0.955. The summed E-state index contributed by atoms with van der Waals surface area (Å²) in [6, 6.07) is 4.18. The second-order valence-corrected chi connectivity index (χ2v) is 6.02. The SMILES string of the molecule is CCCn1cncc1COc1c(C)cc(Br)cc1CNC. The van der Waals surface area contributed by atoms with Crippen LogP contribution in [0.25, 0.3) is 0 Å². The Morgan fingerprint density at radius 2 is 2.19 bits per heavy atom. The molecule has 0 saturated heterocycles. The standard InChI is InChI=1S/C16H22BrN3O/c1-4-5-20-11-19-9-15(20)10-21-16-12(2)6-14(17)7-13(16)8-18-3/h6-7,9,11,18H,4-5,8,10H2,1-3H3. The molecule has 0 aliphatic carbocycles. The van der Waals surface area contributed by atoms with Gasteiger partial charge in [0, 0.05) is 23.1 Å². The number of hydrogen-bond donors (Lipinski definition) is 1. The molecule has 0 saturated carbocycles.